The molecule has 0 spiro atoms. The standard InChI is InChI=1S/C25H21N3O2S/c26-15-7-8-22-20(13-15)18-5-2-4-17(25(18)31-22)16-3-1-6-19-21(29)14-23(27-24(16)19)28-9-11-30-12-10-28/h1-8,13-14H,9-12,26H2,(H,27,29). The summed E-state index contributed by atoms with van der Waals surface area (Å²) in [6.45, 7) is 2.89. The molecule has 1 saturated heterocycles. The van der Waals surface area contributed by atoms with Crippen molar-refractivity contribution in [2.45, 2.75) is 0 Å². The number of morpholine rings is 1. The summed E-state index contributed by atoms with van der Waals surface area (Å²) in [5.41, 5.74) is 9.89. The number of nitrogens with two attached hydrogens (primary N) is 1. The quantitative estimate of drug-likeness (QED) is 0.390. The van der Waals surface area contributed by atoms with Crippen LogP contribution in [0.25, 0.3) is 42.2 Å². The van der Waals surface area contributed by atoms with E-state index in [-0.39, 0.29) is 5.43 Å². The number of ether oxygens (including phenoxy) is 1. The number of nitrogen functional groups attached to an aromatic ring is 1. The highest BCUT2D eigenvalue weighted by Crippen LogP contribution is 2.41. The molecule has 3 N–H and O–H groups in total. The largest absolute Gasteiger partial charge is 0.399 e. The summed E-state index contributed by atoms with van der Waals surface area (Å²) in [4.78, 5) is 18.7. The van der Waals surface area contributed by atoms with Crippen LogP contribution >= 0.6 is 11.3 Å². The van der Waals surface area contributed by atoms with E-state index in [1.807, 2.05) is 24.3 Å². The maximum Gasteiger partial charge on any atom is 0.191 e. The van der Waals surface area contributed by atoms with Crippen LogP contribution in [-0.2, 0) is 4.74 Å². The molecule has 0 saturated carbocycles. The van der Waals surface area contributed by atoms with E-state index in [1.165, 1.54) is 20.2 Å². The van der Waals surface area contributed by atoms with Gasteiger partial charge in [-0.1, -0.05) is 30.3 Å². The number of para-hydroxylation sites is 1. The summed E-state index contributed by atoms with van der Waals surface area (Å²) in [6, 6.07) is 20.1. The lowest BCUT2D eigenvalue weighted by atomic mass is 9.99. The molecule has 6 rings (SSSR count). The van der Waals surface area contributed by atoms with Crippen molar-refractivity contribution in [1.82, 2.24) is 4.98 Å². The van der Waals surface area contributed by atoms with Gasteiger partial charge >= 0.3 is 0 Å². The van der Waals surface area contributed by atoms with Crippen LogP contribution in [0.5, 0.6) is 0 Å². The van der Waals surface area contributed by atoms with Crippen LogP contribution in [0.4, 0.5) is 11.5 Å². The molecule has 0 atom stereocenters. The molecule has 0 unspecified atom stereocenters. The fourth-order valence-corrected chi connectivity index (χ4v) is 5.70. The van der Waals surface area contributed by atoms with E-state index in [9.17, 15) is 4.79 Å². The normalized spacial score (nSPS) is 14.6. The fourth-order valence-electron chi connectivity index (χ4n) is 4.49. The minimum absolute atomic E-state index is 0.0355. The van der Waals surface area contributed by atoms with Gasteiger partial charge in [-0.05, 0) is 24.3 Å². The number of benzene rings is 3. The Hall–Kier alpha value is -3.35. The van der Waals surface area contributed by atoms with Gasteiger partial charge in [0.2, 0.25) is 0 Å². The van der Waals surface area contributed by atoms with Crippen molar-refractivity contribution in [1.29, 1.82) is 0 Å². The molecular weight excluding hydrogens is 406 g/mol. The first-order valence-corrected chi connectivity index (χ1v) is 11.2. The van der Waals surface area contributed by atoms with Crippen LogP contribution in [0.3, 0.4) is 0 Å². The predicted molar refractivity (Wildman–Crippen MR) is 130 cm³/mol. The third kappa shape index (κ3) is 2.99. The Morgan fingerprint density at radius 3 is 2.52 bits per heavy atom. The zero-order valence-corrected chi connectivity index (χ0v) is 17.7. The van der Waals surface area contributed by atoms with E-state index < -0.39 is 0 Å². The Bertz CT molecular complexity index is 1510. The number of nitrogens with one attached hydrogen (secondary N) is 1. The van der Waals surface area contributed by atoms with Crippen LogP contribution in [0.15, 0.2) is 65.5 Å². The molecule has 1 fully saturated rings. The maximum atomic E-state index is 13.0. The van der Waals surface area contributed by atoms with Crippen molar-refractivity contribution in [3.8, 4) is 11.1 Å². The Balaban J connectivity index is 1.62. The number of thiophene rings is 1. The number of anilines is 2. The second-order valence-corrected chi connectivity index (χ2v) is 8.94. The Kier molecular flexibility index (Phi) is 4.23. The molecule has 3 heterocycles. The summed E-state index contributed by atoms with van der Waals surface area (Å²) < 4.78 is 7.89. The molecule has 5 aromatic rings. The van der Waals surface area contributed by atoms with E-state index >= 15 is 0 Å². The summed E-state index contributed by atoms with van der Waals surface area (Å²) in [5, 5.41) is 3.06. The van der Waals surface area contributed by atoms with E-state index in [2.05, 4.69) is 40.2 Å². The number of aromatic amines is 1. The lowest BCUT2D eigenvalue weighted by Gasteiger charge is -2.28. The van der Waals surface area contributed by atoms with Gasteiger partial charge in [0.1, 0.15) is 5.82 Å². The summed E-state index contributed by atoms with van der Waals surface area (Å²) in [5.74, 6) is 0.851. The molecule has 154 valence electrons. The summed E-state index contributed by atoms with van der Waals surface area (Å²) in [6.07, 6.45) is 0. The number of hydrogen-bond acceptors (Lipinski definition) is 5. The van der Waals surface area contributed by atoms with E-state index in [0.717, 1.165) is 41.2 Å². The monoisotopic (exact) mass is 427 g/mol. The Morgan fingerprint density at radius 2 is 1.68 bits per heavy atom. The first kappa shape index (κ1) is 18.4. The number of nitrogens with zero attached hydrogens (tertiary/aromatic N) is 1. The minimum atomic E-state index is 0.0355. The van der Waals surface area contributed by atoms with E-state index in [1.54, 1.807) is 17.4 Å². The van der Waals surface area contributed by atoms with Crippen LogP contribution in [0.1, 0.15) is 0 Å². The van der Waals surface area contributed by atoms with Crippen molar-refractivity contribution in [3.05, 3.63) is 70.9 Å². The molecule has 0 bridgehead atoms. The second kappa shape index (κ2) is 7.11. The number of fused-ring (bicyclic) bond motifs is 4. The van der Waals surface area contributed by atoms with Gasteiger partial charge in [-0.2, -0.15) is 0 Å². The average Bonchev–Trinajstić information content (AvgIpc) is 3.17. The SMILES string of the molecule is Nc1ccc2sc3c(-c4cccc5c(=O)cc(N6CCOCC6)[nH]c45)cccc3c2c1. The third-order valence-electron chi connectivity index (χ3n) is 6.01. The van der Waals surface area contributed by atoms with Gasteiger partial charge in [0.25, 0.3) is 0 Å². The van der Waals surface area contributed by atoms with Crippen LogP contribution in [0, 0.1) is 0 Å². The first-order chi connectivity index (χ1) is 15.2. The highest BCUT2D eigenvalue weighted by molar-refractivity contribution is 7.26. The van der Waals surface area contributed by atoms with Crippen molar-refractivity contribution >= 4 is 53.9 Å². The zero-order valence-electron chi connectivity index (χ0n) is 16.9. The van der Waals surface area contributed by atoms with Gasteiger partial charge in [-0.25, -0.2) is 0 Å². The van der Waals surface area contributed by atoms with Gasteiger partial charge < -0.3 is 20.4 Å². The van der Waals surface area contributed by atoms with Gasteiger partial charge in [-0.15, -0.1) is 11.3 Å². The molecule has 0 radical (unpaired) electrons. The predicted octanol–water partition coefficient (Wildman–Crippen LogP) is 4.98. The van der Waals surface area contributed by atoms with Gasteiger partial charge in [0, 0.05) is 61.5 Å². The number of H-pyrrole nitrogens is 1. The smallest absolute Gasteiger partial charge is 0.191 e. The van der Waals surface area contributed by atoms with Crippen molar-refractivity contribution < 1.29 is 4.74 Å². The fraction of sp³-hybridized carbons (Fsp3) is 0.160. The third-order valence-corrected chi connectivity index (χ3v) is 7.23. The maximum absolute atomic E-state index is 13.0. The lowest BCUT2D eigenvalue weighted by molar-refractivity contribution is 0.122. The van der Waals surface area contributed by atoms with Crippen molar-refractivity contribution in [3.63, 3.8) is 0 Å². The van der Waals surface area contributed by atoms with Gasteiger partial charge in [0.15, 0.2) is 5.43 Å². The van der Waals surface area contributed by atoms with Crippen LogP contribution in [0.2, 0.25) is 0 Å². The Labute approximate surface area is 182 Å². The average molecular weight is 428 g/mol. The number of hydrogen-bond donors (Lipinski definition) is 2. The number of aromatic nitrogens is 1. The molecule has 2 aromatic heterocycles. The molecule has 6 heteroatoms. The van der Waals surface area contributed by atoms with Gasteiger partial charge in [0.05, 0.1) is 18.7 Å². The zero-order chi connectivity index (χ0) is 20.9. The van der Waals surface area contributed by atoms with Crippen LogP contribution < -0.4 is 16.1 Å². The summed E-state index contributed by atoms with van der Waals surface area (Å²) in [7, 11) is 0. The summed E-state index contributed by atoms with van der Waals surface area (Å²) >= 11 is 1.76. The number of rotatable bonds is 2. The van der Waals surface area contributed by atoms with Crippen molar-refractivity contribution in [2.24, 2.45) is 0 Å². The molecular formula is C25H21N3O2S. The van der Waals surface area contributed by atoms with E-state index in [0.29, 0.717) is 18.6 Å². The molecule has 1 aliphatic rings. The first-order valence-electron chi connectivity index (χ1n) is 10.4. The highest BCUT2D eigenvalue weighted by atomic mass is 32.1. The molecule has 0 aliphatic carbocycles. The van der Waals surface area contributed by atoms with Crippen LogP contribution in [-0.4, -0.2) is 31.3 Å². The molecule has 1 aliphatic heterocycles. The van der Waals surface area contributed by atoms with Crippen molar-refractivity contribution in [2.75, 3.05) is 36.9 Å². The minimum Gasteiger partial charge on any atom is -0.399 e. The molecule has 31 heavy (non-hydrogen) atoms. The van der Waals surface area contributed by atoms with Gasteiger partial charge in [-0.3, -0.25) is 4.79 Å². The molecule has 5 nitrogen and oxygen atoms in total. The lowest BCUT2D eigenvalue weighted by Crippen LogP contribution is -2.37. The second-order valence-electron chi connectivity index (χ2n) is 7.89. The molecule has 3 aromatic carbocycles. The Morgan fingerprint density at radius 1 is 0.903 bits per heavy atom. The number of pyridine rings is 1. The molecule has 0 amide bonds. The highest BCUT2D eigenvalue weighted by Gasteiger charge is 2.17. The van der Waals surface area contributed by atoms with E-state index in [4.69, 9.17) is 10.5 Å². The topological polar surface area (TPSA) is 71.3 Å².